The lowest BCUT2D eigenvalue weighted by Crippen LogP contribution is -2.24. The number of esters is 1. The van der Waals surface area contributed by atoms with E-state index in [0.29, 0.717) is 6.42 Å². The summed E-state index contributed by atoms with van der Waals surface area (Å²) in [6.07, 6.45) is 2.61. The molecule has 1 aromatic rings. The highest BCUT2D eigenvalue weighted by molar-refractivity contribution is 5.96. The summed E-state index contributed by atoms with van der Waals surface area (Å²) >= 11 is 0. The third-order valence-electron chi connectivity index (χ3n) is 2.43. The van der Waals surface area contributed by atoms with E-state index >= 15 is 0 Å². The zero-order valence-electron chi connectivity index (χ0n) is 9.91. The van der Waals surface area contributed by atoms with Crippen LogP contribution in [0.3, 0.4) is 0 Å². The fourth-order valence-corrected chi connectivity index (χ4v) is 1.75. The van der Waals surface area contributed by atoms with Gasteiger partial charge in [-0.3, -0.25) is 0 Å². The van der Waals surface area contributed by atoms with Crippen LogP contribution in [0.4, 0.5) is 0 Å². The van der Waals surface area contributed by atoms with Crippen LogP contribution in [0, 0.1) is 0 Å². The molecule has 16 heavy (non-hydrogen) atoms. The minimum atomic E-state index is -0.424. The van der Waals surface area contributed by atoms with Gasteiger partial charge in [0.15, 0.2) is 0 Å². The lowest BCUT2D eigenvalue weighted by Gasteiger charge is -2.19. The van der Waals surface area contributed by atoms with E-state index in [4.69, 9.17) is 4.74 Å². The molecule has 0 N–H and O–H groups in total. The minimum Gasteiger partial charge on any atom is -0.457 e. The Hall–Kier alpha value is -1.57. The Morgan fingerprint density at radius 3 is 2.56 bits per heavy atom. The number of carbonyl (C=O) groups excluding carboxylic acids is 1. The Balaban J connectivity index is 2.14. The molecular formula is C14H16O2. The fraction of sp³-hybridized carbons (Fsp3) is 0.357. The van der Waals surface area contributed by atoms with Gasteiger partial charge in [-0.05, 0) is 38.0 Å². The second kappa shape index (κ2) is 3.78. The first-order chi connectivity index (χ1) is 7.46. The second-order valence-corrected chi connectivity index (χ2v) is 5.05. The van der Waals surface area contributed by atoms with Gasteiger partial charge in [0.05, 0.1) is 0 Å². The van der Waals surface area contributed by atoms with E-state index in [9.17, 15) is 4.79 Å². The lowest BCUT2D eigenvalue weighted by atomic mass is 10.1. The Labute approximate surface area is 95.9 Å². The highest BCUT2D eigenvalue weighted by Crippen LogP contribution is 2.26. The predicted molar refractivity (Wildman–Crippen MR) is 64.0 cm³/mol. The number of rotatable bonds is 1. The van der Waals surface area contributed by atoms with Crippen LogP contribution in [-0.2, 0) is 16.0 Å². The molecule has 0 amide bonds. The Morgan fingerprint density at radius 2 is 1.94 bits per heavy atom. The van der Waals surface area contributed by atoms with Gasteiger partial charge in [-0.25, -0.2) is 4.79 Å². The van der Waals surface area contributed by atoms with Crippen LogP contribution in [0.2, 0.25) is 0 Å². The molecule has 0 radical (unpaired) electrons. The quantitative estimate of drug-likeness (QED) is 0.675. The molecule has 0 aromatic heterocycles. The van der Waals surface area contributed by atoms with Gasteiger partial charge in [-0.15, -0.1) is 0 Å². The van der Waals surface area contributed by atoms with E-state index in [-0.39, 0.29) is 5.97 Å². The van der Waals surface area contributed by atoms with Crippen LogP contribution in [0.15, 0.2) is 29.8 Å². The first-order valence-corrected chi connectivity index (χ1v) is 5.47. The third-order valence-corrected chi connectivity index (χ3v) is 2.43. The van der Waals surface area contributed by atoms with E-state index < -0.39 is 5.60 Å². The summed E-state index contributed by atoms with van der Waals surface area (Å²) in [5, 5.41) is 0. The van der Waals surface area contributed by atoms with E-state index in [1.165, 1.54) is 5.56 Å². The molecule has 2 nitrogen and oxygen atoms in total. The molecule has 0 heterocycles. The lowest BCUT2D eigenvalue weighted by molar-refractivity contribution is -0.149. The van der Waals surface area contributed by atoms with Gasteiger partial charge in [-0.1, -0.05) is 24.3 Å². The maximum absolute atomic E-state index is 11.8. The monoisotopic (exact) mass is 216 g/mol. The second-order valence-electron chi connectivity index (χ2n) is 5.05. The molecule has 0 bridgehead atoms. The van der Waals surface area contributed by atoms with Gasteiger partial charge < -0.3 is 4.74 Å². The average molecular weight is 216 g/mol. The maximum atomic E-state index is 11.8. The fourth-order valence-electron chi connectivity index (χ4n) is 1.75. The van der Waals surface area contributed by atoms with Crippen LogP contribution in [-0.4, -0.2) is 11.6 Å². The van der Waals surface area contributed by atoms with E-state index in [0.717, 1.165) is 11.1 Å². The van der Waals surface area contributed by atoms with E-state index in [1.54, 1.807) is 0 Å². The molecule has 1 aromatic carbocycles. The van der Waals surface area contributed by atoms with Crippen molar-refractivity contribution in [1.29, 1.82) is 0 Å². The first kappa shape index (κ1) is 10.9. The smallest absolute Gasteiger partial charge is 0.334 e. The van der Waals surface area contributed by atoms with E-state index in [2.05, 4.69) is 0 Å². The summed E-state index contributed by atoms with van der Waals surface area (Å²) in [6.45, 7) is 5.65. The highest BCUT2D eigenvalue weighted by atomic mass is 16.6. The maximum Gasteiger partial charge on any atom is 0.334 e. The molecular weight excluding hydrogens is 200 g/mol. The van der Waals surface area contributed by atoms with Crippen molar-refractivity contribution >= 4 is 12.0 Å². The Morgan fingerprint density at radius 1 is 1.25 bits per heavy atom. The molecule has 0 unspecified atom stereocenters. The molecule has 0 saturated heterocycles. The Kier molecular flexibility index (Phi) is 2.58. The molecule has 2 heteroatoms. The first-order valence-electron chi connectivity index (χ1n) is 5.47. The van der Waals surface area contributed by atoms with Gasteiger partial charge in [0.1, 0.15) is 5.60 Å². The molecule has 1 aliphatic carbocycles. The average Bonchev–Trinajstić information content (AvgIpc) is 2.58. The number of benzene rings is 1. The van der Waals surface area contributed by atoms with Crippen molar-refractivity contribution in [3.05, 3.63) is 41.0 Å². The van der Waals surface area contributed by atoms with Crippen LogP contribution >= 0.6 is 0 Å². The van der Waals surface area contributed by atoms with Gasteiger partial charge in [-0.2, -0.15) is 0 Å². The zero-order chi connectivity index (χ0) is 11.8. The van der Waals surface area contributed by atoms with Gasteiger partial charge in [0.25, 0.3) is 0 Å². The molecule has 0 aliphatic heterocycles. The number of hydrogen-bond donors (Lipinski definition) is 0. The number of ether oxygens (including phenoxy) is 1. The van der Waals surface area contributed by atoms with Crippen molar-refractivity contribution in [2.24, 2.45) is 0 Å². The van der Waals surface area contributed by atoms with Gasteiger partial charge in [0, 0.05) is 12.0 Å². The predicted octanol–water partition coefficient (Wildman–Crippen LogP) is 2.97. The largest absolute Gasteiger partial charge is 0.457 e. The summed E-state index contributed by atoms with van der Waals surface area (Å²) in [4.78, 5) is 11.8. The van der Waals surface area contributed by atoms with Crippen molar-refractivity contribution < 1.29 is 9.53 Å². The van der Waals surface area contributed by atoms with E-state index in [1.807, 2.05) is 51.1 Å². The highest BCUT2D eigenvalue weighted by Gasteiger charge is 2.23. The SMILES string of the molecule is CC(C)(C)OC(=O)C1=Cc2ccccc2C1. The number of carbonyl (C=O) groups is 1. The van der Waals surface area contributed by atoms with Crippen molar-refractivity contribution in [2.45, 2.75) is 32.8 Å². The number of fused-ring (bicyclic) bond motifs is 1. The summed E-state index contributed by atoms with van der Waals surface area (Å²) in [5.41, 5.74) is 2.65. The molecule has 0 spiro atoms. The molecule has 0 fully saturated rings. The van der Waals surface area contributed by atoms with Crippen molar-refractivity contribution in [3.8, 4) is 0 Å². The summed E-state index contributed by atoms with van der Waals surface area (Å²) in [6, 6.07) is 8.04. The van der Waals surface area contributed by atoms with Gasteiger partial charge in [0.2, 0.25) is 0 Å². The van der Waals surface area contributed by atoms with Crippen molar-refractivity contribution in [2.75, 3.05) is 0 Å². The van der Waals surface area contributed by atoms with Gasteiger partial charge >= 0.3 is 5.97 Å². The molecule has 1 aliphatic rings. The minimum absolute atomic E-state index is 0.205. The molecule has 2 rings (SSSR count). The Bertz CT molecular complexity index is 450. The van der Waals surface area contributed by atoms with Crippen molar-refractivity contribution in [1.82, 2.24) is 0 Å². The van der Waals surface area contributed by atoms with Crippen LogP contribution in [0.25, 0.3) is 6.08 Å². The summed E-state index contributed by atoms with van der Waals surface area (Å²) in [7, 11) is 0. The molecule has 84 valence electrons. The van der Waals surface area contributed by atoms with Crippen LogP contribution in [0.5, 0.6) is 0 Å². The van der Waals surface area contributed by atoms with Crippen LogP contribution in [0.1, 0.15) is 31.9 Å². The van der Waals surface area contributed by atoms with Crippen LogP contribution < -0.4 is 0 Å². The molecule has 0 saturated carbocycles. The summed E-state index contributed by atoms with van der Waals surface area (Å²) in [5.74, 6) is -0.205. The van der Waals surface area contributed by atoms with Crippen molar-refractivity contribution in [3.63, 3.8) is 0 Å². The normalized spacial score (nSPS) is 14.3. The number of hydrogen-bond acceptors (Lipinski definition) is 2. The molecule has 0 atom stereocenters. The summed E-state index contributed by atoms with van der Waals surface area (Å²) < 4.78 is 5.35. The topological polar surface area (TPSA) is 26.3 Å². The zero-order valence-corrected chi connectivity index (χ0v) is 9.91. The standard InChI is InChI=1S/C14H16O2/c1-14(2,3)16-13(15)12-8-10-6-4-5-7-11(10)9-12/h4-8H,9H2,1-3H3. The third kappa shape index (κ3) is 2.32.